The summed E-state index contributed by atoms with van der Waals surface area (Å²) in [6.07, 6.45) is -5.92. The third-order valence-electron chi connectivity index (χ3n) is 6.12. The highest BCUT2D eigenvalue weighted by Gasteiger charge is 2.34. The number of hydrogen-bond acceptors (Lipinski definition) is 7. The Bertz CT molecular complexity index is 1700. The Morgan fingerprint density at radius 1 is 0.976 bits per heavy atom. The van der Waals surface area contributed by atoms with Crippen molar-refractivity contribution in [2.75, 3.05) is 0 Å². The SMILES string of the molecule is N.O=C(O)c1csc(-n2nc(-c3cccc(-c4ccccc4)c3)c(Cc3ccc([SH+](=O)[O-])cc3)c2CC(F)(F)F)n1. The zero-order valence-corrected chi connectivity index (χ0v) is 22.9. The van der Waals surface area contributed by atoms with Gasteiger partial charge in [-0.3, -0.25) is 0 Å². The van der Waals surface area contributed by atoms with Crippen molar-refractivity contribution in [2.24, 2.45) is 0 Å². The van der Waals surface area contributed by atoms with Gasteiger partial charge in [-0.1, -0.05) is 60.7 Å². The van der Waals surface area contributed by atoms with Gasteiger partial charge >= 0.3 is 12.1 Å². The lowest BCUT2D eigenvalue weighted by molar-refractivity contribution is -0.128. The summed E-state index contributed by atoms with van der Waals surface area (Å²) in [7, 11) is 0. The third-order valence-corrected chi connectivity index (χ3v) is 7.66. The van der Waals surface area contributed by atoms with E-state index >= 15 is 0 Å². The van der Waals surface area contributed by atoms with E-state index in [0.717, 1.165) is 27.1 Å². The second kappa shape index (κ2) is 12.1. The fraction of sp³-hybridized carbons (Fsp3) is 0.107. The van der Waals surface area contributed by atoms with Crippen LogP contribution in [0, 0.1) is 0 Å². The highest BCUT2D eigenvalue weighted by Crippen LogP contribution is 2.35. The first-order valence-corrected chi connectivity index (χ1v) is 13.9. The van der Waals surface area contributed by atoms with Crippen molar-refractivity contribution in [1.29, 1.82) is 0 Å². The number of alkyl halides is 3. The Labute approximate surface area is 239 Å². The molecule has 2 heterocycles. The number of hydrogen-bond donors (Lipinski definition) is 2. The van der Waals surface area contributed by atoms with E-state index in [-0.39, 0.29) is 45.2 Å². The maximum Gasteiger partial charge on any atom is 0.394 e. The lowest BCUT2D eigenvalue weighted by Gasteiger charge is -2.12. The molecule has 13 heteroatoms. The number of nitrogens with zero attached hydrogens (tertiary/aromatic N) is 3. The maximum atomic E-state index is 13.9. The number of halogens is 3. The van der Waals surface area contributed by atoms with Crippen LogP contribution in [0.3, 0.4) is 0 Å². The molecule has 4 N–H and O–H groups in total. The average Bonchev–Trinajstić information content (AvgIpc) is 3.55. The number of carboxylic acids is 1. The standard InChI is InChI=1S/C28H20F3N3O4S2.H3N/c29-28(30,31)15-24-22(13-17-9-11-21(12-10-17)40(37)38)25(33-34(24)27-32-23(16-39-27)26(35)36)20-8-4-7-19(14-20)18-5-2-1-3-6-18;/h1-12,14,16,40H,13,15H2,(H-,35,36,37,38);1H3. The smallest absolute Gasteiger partial charge is 0.394 e. The van der Waals surface area contributed by atoms with Gasteiger partial charge in [0.25, 0.3) is 0 Å². The molecule has 0 aliphatic carbocycles. The Morgan fingerprint density at radius 2 is 1.63 bits per heavy atom. The fourth-order valence-corrected chi connectivity index (χ4v) is 5.47. The normalized spacial score (nSPS) is 12.1. The van der Waals surface area contributed by atoms with Gasteiger partial charge in [0, 0.05) is 22.9 Å². The average molecular weight is 601 g/mol. The Kier molecular flexibility index (Phi) is 8.83. The van der Waals surface area contributed by atoms with E-state index in [0.29, 0.717) is 11.1 Å². The predicted octanol–water partition coefficient (Wildman–Crippen LogP) is 6.40. The summed E-state index contributed by atoms with van der Waals surface area (Å²) >= 11 is -1.94. The Balaban J connectivity index is 0.00000387. The van der Waals surface area contributed by atoms with E-state index in [1.165, 1.54) is 17.5 Å². The topological polar surface area (TPSA) is 143 Å². The minimum atomic E-state index is -4.60. The first kappa shape index (κ1) is 29.8. The molecule has 0 aliphatic heterocycles. The Hall–Kier alpha value is -4.17. The molecule has 0 amide bonds. The van der Waals surface area contributed by atoms with Crippen LogP contribution in [0.15, 0.2) is 89.1 Å². The van der Waals surface area contributed by atoms with E-state index in [2.05, 4.69) is 10.1 Å². The van der Waals surface area contributed by atoms with Crippen molar-refractivity contribution < 1.29 is 31.8 Å². The van der Waals surface area contributed by atoms with E-state index < -0.39 is 29.6 Å². The van der Waals surface area contributed by atoms with E-state index in [1.807, 2.05) is 42.5 Å². The molecule has 212 valence electrons. The molecule has 0 aliphatic rings. The zero-order chi connectivity index (χ0) is 28.4. The molecule has 41 heavy (non-hydrogen) atoms. The van der Waals surface area contributed by atoms with Crippen LogP contribution in [0.1, 0.15) is 27.3 Å². The van der Waals surface area contributed by atoms with Crippen LogP contribution in [0.25, 0.3) is 27.5 Å². The van der Waals surface area contributed by atoms with Gasteiger partial charge < -0.3 is 15.8 Å². The molecule has 1 atom stereocenters. The first-order valence-electron chi connectivity index (χ1n) is 11.8. The molecule has 5 aromatic rings. The van der Waals surface area contributed by atoms with Crippen LogP contribution in [-0.2, 0) is 28.1 Å². The summed E-state index contributed by atoms with van der Waals surface area (Å²) in [5, 5.41) is 15.1. The number of rotatable bonds is 8. The third kappa shape index (κ3) is 6.77. The number of carboxylic acid groups (broad SMARTS) is 1. The minimum Gasteiger partial charge on any atom is -0.612 e. The van der Waals surface area contributed by atoms with Crippen LogP contribution >= 0.6 is 11.3 Å². The van der Waals surface area contributed by atoms with Crippen LogP contribution < -0.4 is 6.15 Å². The molecule has 8 nitrogen and oxygen atoms in total. The van der Waals surface area contributed by atoms with Crippen molar-refractivity contribution in [3.8, 4) is 27.5 Å². The van der Waals surface area contributed by atoms with Gasteiger partial charge in [-0.2, -0.15) is 18.3 Å². The van der Waals surface area contributed by atoms with Gasteiger partial charge in [0.2, 0.25) is 5.13 Å². The summed E-state index contributed by atoms with van der Waals surface area (Å²) < 4.78 is 65.5. The largest absolute Gasteiger partial charge is 0.612 e. The maximum absolute atomic E-state index is 13.9. The van der Waals surface area contributed by atoms with Crippen LogP contribution in [0.2, 0.25) is 0 Å². The number of aromatic nitrogens is 3. The second-order valence-electron chi connectivity index (χ2n) is 8.85. The summed E-state index contributed by atoms with van der Waals surface area (Å²) in [6.45, 7) is 0. The van der Waals surface area contributed by atoms with Gasteiger partial charge in [0.1, 0.15) is 0 Å². The first-order chi connectivity index (χ1) is 19.1. The van der Waals surface area contributed by atoms with E-state index in [9.17, 15) is 31.8 Å². The molecule has 3 aromatic carbocycles. The molecule has 0 saturated heterocycles. The van der Waals surface area contributed by atoms with Crippen molar-refractivity contribution in [2.45, 2.75) is 23.9 Å². The van der Waals surface area contributed by atoms with Gasteiger partial charge in [0.05, 0.1) is 28.9 Å². The van der Waals surface area contributed by atoms with Crippen molar-refractivity contribution in [3.05, 3.63) is 107 Å². The molecule has 5 rings (SSSR count). The number of thiazole rings is 1. The molecule has 0 saturated carbocycles. The number of carbonyl (C=O) groups is 1. The molecule has 0 bridgehead atoms. The van der Waals surface area contributed by atoms with Crippen molar-refractivity contribution in [1.82, 2.24) is 20.9 Å². The fourth-order valence-electron chi connectivity index (χ4n) is 4.31. The molecular formula is C28H23F3N4O4S2. The number of aromatic carboxylic acids is 1. The minimum absolute atomic E-state index is 0. The zero-order valence-electron chi connectivity index (χ0n) is 21.2. The van der Waals surface area contributed by atoms with Gasteiger partial charge in [-0.05, 0) is 34.9 Å². The summed E-state index contributed by atoms with van der Waals surface area (Å²) in [6, 6.07) is 22.6. The monoisotopic (exact) mass is 600 g/mol. The highest BCUT2D eigenvalue weighted by atomic mass is 32.2. The van der Waals surface area contributed by atoms with Gasteiger partial charge in [-0.15, -0.1) is 15.5 Å². The second-order valence-corrected chi connectivity index (χ2v) is 10.7. The summed E-state index contributed by atoms with van der Waals surface area (Å²) in [5.41, 5.74) is 2.96. The quantitative estimate of drug-likeness (QED) is 0.155. The summed E-state index contributed by atoms with van der Waals surface area (Å²) in [5.74, 6) is -1.31. The molecular weight excluding hydrogens is 577 g/mol. The molecule has 2 aromatic heterocycles. The Morgan fingerprint density at radius 3 is 2.24 bits per heavy atom. The molecule has 1 unspecified atom stereocenters. The predicted molar refractivity (Wildman–Crippen MR) is 150 cm³/mol. The molecule has 0 fully saturated rings. The molecule has 0 spiro atoms. The van der Waals surface area contributed by atoms with Crippen molar-refractivity contribution in [3.63, 3.8) is 0 Å². The number of thiol groups is 1. The van der Waals surface area contributed by atoms with E-state index in [4.69, 9.17) is 0 Å². The highest BCUT2D eigenvalue weighted by molar-refractivity contribution is 7.79. The van der Waals surface area contributed by atoms with Crippen LogP contribution in [0.4, 0.5) is 13.2 Å². The lowest BCUT2D eigenvalue weighted by Crippen LogP contribution is -2.17. The van der Waals surface area contributed by atoms with Gasteiger partial charge in [-0.25, -0.2) is 14.5 Å². The van der Waals surface area contributed by atoms with Gasteiger partial charge in [0.15, 0.2) is 10.6 Å². The summed E-state index contributed by atoms with van der Waals surface area (Å²) in [4.78, 5) is 15.5. The van der Waals surface area contributed by atoms with E-state index in [1.54, 1.807) is 24.3 Å². The van der Waals surface area contributed by atoms with Crippen molar-refractivity contribution >= 4 is 28.4 Å². The molecule has 0 radical (unpaired) electrons. The lowest BCUT2D eigenvalue weighted by atomic mass is 9.95. The van der Waals surface area contributed by atoms with Crippen LogP contribution in [0.5, 0.6) is 0 Å². The number of benzene rings is 3. The van der Waals surface area contributed by atoms with Crippen LogP contribution in [-0.4, -0.2) is 36.6 Å².